The van der Waals surface area contributed by atoms with Gasteiger partial charge in [-0.25, -0.2) is 0 Å². The quantitative estimate of drug-likeness (QED) is 0.675. The Morgan fingerprint density at radius 3 is 3.00 bits per heavy atom. The molecule has 0 aromatic carbocycles. The molecule has 0 spiro atoms. The molecule has 72 valence electrons. The van der Waals surface area contributed by atoms with Crippen LogP contribution in [0.3, 0.4) is 0 Å². The molecule has 13 heavy (non-hydrogen) atoms. The lowest BCUT2D eigenvalue weighted by Crippen LogP contribution is -2.20. The first-order valence-electron chi connectivity index (χ1n) is 4.04. The highest BCUT2D eigenvalue weighted by Gasteiger charge is 1.93. The van der Waals surface area contributed by atoms with Crippen molar-refractivity contribution in [3.8, 4) is 0 Å². The van der Waals surface area contributed by atoms with Crippen LogP contribution in [0.25, 0.3) is 0 Å². The van der Waals surface area contributed by atoms with E-state index in [1.54, 1.807) is 24.8 Å². The average Bonchev–Trinajstić information content (AvgIpc) is 2.14. The second kappa shape index (κ2) is 5.77. The lowest BCUT2D eigenvalue weighted by Gasteiger charge is -2.01. The van der Waals surface area contributed by atoms with Gasteiger partial charge in [0, 0.05) is 54.5 Å². The summed E-state index contributed by atoms with van der Waals surface area (Å²) in [5.41, 5.74) is 0.907. The van der Waals surface area contributed by atoms with Crippen molar-refractivity contribution in [1.82, 2.24) is 15.3 Å². The molecule has 0 saturated heterocycles. The molecule has 1 heterocycles. The molecule has 0 amide bonds. The van der Waals surface area contributed by atoms with E-state index in [0.29, 0.717) is 12.3 Å². The van der Waals surface area contributed by atoms with Crippen molar-refractivity contribution < 1.29 is 4.21 Å². The van der Waals surface area contributed by atoms with Gasteiger partial charge in [0.25, 0.3) is 0 Å². The Labute approximate surface area is 80.3 Å². The molecule has 0 aliphatic carbocycles. The maximum Gasteiger partial charge on any atom is 0.0724 e. The van der Waals surface area contributed by atoms with E-state index in [-0.39, 0.29) is 0 Å². The maximum absolute atomic E-state index is 10.7. The fourth-order valence-corrected chi connectivity index (χ4v) is 1.29. The first-order chi connectivity index (χ1) is 6.29. The summed E-state index contributed by atoms with van der Waals surface area (Å²) in [6.07, 6.45) is 6.72. The molecule has 1 N–H and O–H groups in total. The van der Waals surface area contributed by atoms with Crippen LogP contribution in [0.4, 0.5) is 0 Å². The van der Waals surface area contributed by atoms with Crippen LogP contribution in [-0.4, -0.2) is 32.7 Å². The van der Waals surface area contributed by atoms with Gasteiger partial charge in [-0.3, -0.25) is 14.2 Å². The largest absolute Gasteiger partial charge is 0.310 e. The Bertz CT molecular complexity index is 265. The minimum atomic E-state index is -0.722. The van der Waals surface area contributed by atoms with Gasteiger partial charge >= 0.3 is 0 Å². The number of hydrogen-bond donors (Lipinski definition) is 1. The highest BCUT2D eigenvalue weighted by Crippen LogP contribution is 1.87. The molecular formula is C8H13N3OS. The Hall–Kier alpha value is -0.810. The SMILES string of the molecule is CS(=O)CCNCc1cnccn1. The van der Waals surface area contributed by atoms with Crippen LogP contribution in [0.5, 0.6) is 0 Å². The summed E-state index contributed by atoms with van der Waals surface area (Å²) in [4.78, 5) is 8.03. The van der Waals surface area contributed by atoms with Crippen LogP contribution >= 0.6 is 0 Å². The molecule has 1 aromatic heterocycles. The van der Waals surface area contributed by atoms with Gasteiger partial charge in [0.15, 0.2) is 0 Å². The third kappa shape index (κ3) is 4.69. The zero-order valence-corrected chi connectivity index (χ0v) is 8.38. The number of rotatable bonds is 5. The zero-order valence-electron chi connectivity index (χ0n) is 7.56. The van der Waals surface area contributed by atoms with Gasteiger partial charge in [-0.15, -0.1) is 0 Å². The normalized spacial score (nSPS) is 12.7. The second-order valence-electron chi connectivity index (χ2n) is 2.65. The van der Waals surface area contributed by atoms with Gasteiger partial charge in [0.2, 0.25) is 0 Å². The first-order valence-corrected chi connectivity index (χ1v) is 5.77. The lowest BCUT2D eigenvalue weighted by atomic mass is 10.4. The molecule has 0 radical (unpaired) electrons. The van der Waals surface area contributed by atoms with Crippen LogP contribution in [0.1, 0.15) is 5.69 Å². The lowest BCUT2D eigenvalue weighted by molar-refractivity contribution is 0.673. The predicted molar refractivity (Wildman–Crippen MR) is 52.7 cm³/mol. The van der Waals surface area contributed by atoms with Crippen molar-refractivity contribution in [2.75, 3.05) is 18.6 Å². The molecule has 0 aliphatic rings. The van der Waals surface area contributed by atoms with Gasteiger partial charge in [-0.2, -0.15) is 0 Å². The van der Waals surface area contributed by atoms with E-state index in [4.69, 9.17) is 0 Å². The number of nitrogens with zero attached hydrogens (tertiary/aromatic N) is 2. The van der Waals surface area contributed by atoms with E-state index >= 15 is 0 Å². The summed E-state index contributed by atoms with van der Waals surface area (Å²) < 4.78 is 10.7. The molecule has 0 bridgehead atoms. The van der Waals surface area contributed by atoms with Crippen molar-refractivity contribution >= 4 is 10.8 Å². The van der Waals surface area contributed by atoms with Gasteiger partial charge in [-0.05, 0) is 0 Å². The molecule has 0 fully saturated rings. The molecule has 1 unspecified atom stereocenters. The topological polar surface area (TPSA) is 54.9 Å². The van der Waals surface area contributed by atoms with E-state index in [1.807, 2.05) is 0 Å². The Balaban J connectivity index is 2.17. The molecule has 5 heteroatoms. The molecular weight excluding hydrogens is 186 g/mol. The third-order valence-electron chi connectivity index (χ3n) is 1.49. The summed E-state index contributed by atoms with van der Waals surface area (Å²) in [6.45, 7) is 1.44. The summed E-state index contributed by atoms with van der Waals surface area (Å²) in [5.74, 6) is 0.681. The highest BCUT2D eigenvalue weighted by atomic mass is 32.2. The van der Waals surface area contributed by atoms with Crippen LogP contribution in [0.2, 0.25) is 0 Å². The maximum atomic E-state index is 10.7. The second-order valence-corrected chi connectivity index (χ2v) is 4.21. The summed E-state index contributed by atoms with van der Waals surface area (Å²) in [5, 5.41) is 3.14. The minimum Gasteiger partial charge on any atom is -0.310 e. The molecule has 0 saturated carbocycles. The molecule has 0 aliphatic heterocycles. The number of hydrogen-bond acceptors (Lipinski definition) is 4. The van der Waals surface area contributed by atoms with Crippen molar-refractivity contribution in [1.29, 1.82) is 0 Å². The van der Waals surface area contributed by atoms with E-state index in [1.165, 1.54) is 0 Å². The van der Waals surface area contributed by atoms with Gasteiger partial charge in [0.05, 0.1) is 5.69 Å². The zero-order chi connectivity index (χ0) is 9.52. The van der Waals surface area contributed by atoms with Crippen molar-refractivity contribution in [2.24, 2.45) is 0 Å². The van der Waals surface area contributed by atoms with Crippen LogP contribution in [-0.2, 0) is 17.3 Å². The van der Waals surface area contributed by atoms with Crippen LogP contribution in [0.15, 0.2) is 18.6 Å². The summed E-state index contributed by atoms with van der Waals surface area (Å²) in [6, 6.07) is 0. The minimum absolute atomic E-state index is 0.681. The Morgan fingerprint density at radius 2 is 2.38 bits per heavy atom. The molecule has 1 aromatic rings. The fraction of sp³-hybridized carbons (Fsp3) is 0.500. The van der Waals surface area contributed by atoms with Crippen molar-refractivity contribution in [2.45, 2.75) is 6.54 Å². The van der Waals surface area contributed by atoms with Crippen molar-refractivity contribution in [3.05, 3.63) is 24.3 Å². The van der Waals surface area contributed by atoms with E-state index in [9.17, 15) is 4.21 Å². The molecule has 1 atom stereocenters. The third-order valence-corrected chi connectivity index (χ3v) is 2.27. The number of nitrogens with one attached hydrogen (secondary N) is 1. The predicted octanol–water partition coefficient (Wildman–Crippen LogP) is -0.0553. The van der Waals surface area contributed by atoms with Crippen LogP contribution < -0.4 is 5.32 Å². The smallest absolute Gasteiger partial charge is 0.0724 e. The number of aromatic nitrogens is 2. The summed E-state index contributed by atoms with van der Waals surface area (Å²) in [7, 11) is -0.722. The van der Waals surface area contributed by atoms with Gasteiger partial charge < -0.3 is 5.32 Å². The first kappa shape index (κ1) is 10.3. The highest BCUT2D eigenvalue weighted by molar-refractivity contribution is 7.84. The Kier molecular flexibility index (Phi) is 4.56. The van der Waals surface area contributed by atoms with E-state index < -0.39 is 10.8 Å². The molecule has 1 rings (SSSR count). The summed E-state index contributed by atoms with van der Waals surface area (Å²) >= 11 is 0. The standard InChI is InChI=1S/C8H13N3OS/c1-13(12)5-4-10-7-8-6-9-2-3-11-8/h2-3,6,10H,4-5,7H2,1H3. The van der Waals surface area contributed by atoms with E-state index in [0.717, 1.165) is 12.2 Å². The fourth-order valence-electron chi connectivity index (χ4n) is 0.854. The monoisotopic (exact) mass is 199 g/mol. The van der Waals surface area contributed by atoms with Gasteiger partial charge in [-0.1, -0.05) is 0 Å². The van der Waals surface area contributed by atoms with Crippen LogP contribution in [0, 0.1) is 0 Å². The van der Waals surface area contributed by atoms with E-state index in [2.05, 4.69) is 15.3 Å². The Morgan fingerprint density at radius 1 is 1.54 bits per heavy atom. The van der Waals surface area contributed by atoms with Crippen molar-refractivity contribution in [3.63, 3.8) is 0 Å². The molecule has 4 nitrogen and oxygen atoms in total. The average molecular weight is 199 g/mol. The van der Waals surface area contributed by atoms with Gasteiger partial charge in [0.1, 0.15) is 0 Å².